The number of amides is 2. The van der Waals surface area contributed by atoms with Crippen LogP contribution in [0.2, 0.25) is 0 Å². The van der Waals surface area contributed by atoms with Crippen molar-refractivity contribution in [3.05, 3.63) is 0 Å². The summed E-state index contributed by atoms with van der Waals surface area (Å²) in [7, 11) is 0. The molecule has 0 aliphatic heterocycles. The first kappa shape index (κ1) is 22.5. The molecule has 0 aromatic rings. The van der Waals surface area contributed by atoms with Gasteiger partial charge in [-0.05, 0) is 50.4 Å². The maximum Gasteiger partial charge on any atom is 0.238 e. The van der Waals surface area contributed by atoms with E-state index in [2.05, 4.69) is 0 Å². The molecule has 6 heteroatoms. The van der Waals surface area contributed by atoms with Crippen LogP contribution < -0.4 is 5.73 Å². The number of nitrogens with two attached hydrogens (primary N) is 1. The maximum absolute atomic E-state index is 14.0. The van der Waals surface area contributed by atoms with Crippen molar-refractivity contribution in [1.29, 1.82) is 0 Å². The number of carbonyl (C=O) groups is 2. The van der Waals surface area contributed by atoms with Gasteiger partial charge in [-0.1, -0.05) is 53.4 Å². The van der Waals surface area contributed by atoms with Crippen molar-refractivity contribution >= 4 is 11.8 Å². The van der Waals surface area contributed by atoms with Crippen LogP contribution in [0.5, 0.6) is 0 Å². The zero-order valence-electron chi connectivity index (χ0n) is 18.6. The molecule has 3 aliphatic rings. The average Bonchev–Trinajstić information content (AvgIpc) is 3.16. The molecule has 2 amide bonds. The second-order valence-electron chi connectivity index (χ2n) is 10.7. The number of rotatable bonds is 8. The van der Waals surface area contributed by atoms with E-state index in [1.165, 1.54) is 0 Å². The van der Waals surface area contributed by atoms with Gasteiger partial charge in [0.05, 0.1) is 23.3 Å². The lowest BCUT2D eigenvalue weighted by Gasteiger charge is -2.52. The van der Waals surface area contributed by atoms with Crippen LogP contribution in [0.15, 0.2) is 0 Å². The number of carbonyl (C=O) groups excluding carboxylic acids is 2. The van der Waals surface area contributed by atoms with Gasteiger partial charge in [-0.15, -0.1) is 0 Å². The molecule has 166 valence electrons. The second-order valence-corrected chi connectivity index (χ2v) is 10.7. The topological polar surface area (TPSA) is 104 Å². The van der Waals surface area contributed by atoms with E-state index in [-0.39, 0.29) is 17.7 Å². The highest BCUT2D eigenvalue weighted by Gasteiger charge is 2.62. The van der Waals surface area contributed by atoms with Crippen molar-refractivity contribution in [1.82, 2.24) is 4.90 Å². The van der Waals surface area contributed by atoms with Gasteiger partial charge in [0.1, 0.15) is 5.41 Å². The maximum atomic E-state index is 14.0. The van der Waals surface area contributed by atoms with Crippen LogP contribution in [0.1, 0.15) is 91.9 Å². The van der Waals surface area contributed by atoms with Crippen LogP contribution in [0.4, 0.5) is 0 Å². The summed E-state index contributed by atoms with van der Waals surface area (Å²) in [6, 6.07) is -0.877. The van der Waals surface area contributed by atoms with E-state index < -0.39 is 34.6 Å². The molecule has 3 aliphatic carbocycles. The number of nitrogens with zero attached hydrogens (tertiary/aromatic N) is 1. The van der Waals surface area contributed by atoms with Crippen molar-refractivity contribution in [3.63, 3.8) is 0 Å². The second kappa shape index (κ2) is 7.84. The third-order valence-corrected chi connectivity index (χ3v) is 7.77. The molecule has 0 bridgehead atoms. The molecule has 3 fully saturated rings. The summed E-state index contributed by atoms with van der Waals surface area (Å²) >= 11 is 0. The van der Waals surface area contributed by atoms with Gasteiger partial charge in [0.2, 0.25) is 11.8 Å². The Morgan fingerprint density at radius 1 is 0.759 bits per heavy atom. The number of primary amides is 1. The van der Waals surface area contributed by atoms with Gasteiger partial charge in [-0.2, -0.15) is 0 Å². The van der Waals surface area contributed by atoms with Crippen LogP contribution in [-0.4, -0.2) is 50.2 Å². The van der Waals surface area contributed by atoms with Gasteiger partial charge in [0, 0.05) is 0 Å². The molecular formula is C23H40N2O4. The van der Waals surface area contributed by atoms with Crippen molar-refractivity contribution in [2.24, 2.45) is 23.0 Å². The highest BCUT2D eigenvalue weighted by atomic mass is 16.3. The predicted octanol–water partition coefficient (Wildman–Crippen LogP) is 2.74. The van der Waals surface area contributed by atoms with E-state index in [1.807, 2.05) is 27.7 Å². The first-order valence-corrected chi connectivity index (χ1v) is 11.6. The van der Waals surface area contributed by atoms with E-state index in [4.69, 9.17) is 5.73 Å². The minimum Gasteiger partial charge on any atom is -0.388 e. The van der Waals surface area contributed by atoms with Gasteiger partial charge in [0.25, 0.3) is 0 Å². The Morgan fingerprint density at radius 2 is 1.10 bits per heavy atom. The lowest BCUT2D eigenvalue weighted by atomic mass is 9.76. The summed E-state index contributed by atoms with van der Waals surface area (Å²) in [6.07, 6.45) is 7.23. The van der Waals surface area contributed by atoms with Gasteiger partial charge in [-0.3, -0.25) is 9.59 Å². The Labute approximate surface area is 175 Å². The standard InChI is InChI=1S/C23H40N2O4/c1-15(2)17(22(28)9-5-6-10-22)25(20(27)21(13-14-21)19(24)26)18(16(3)4)23(29)11-7-8-12-23/h15-18,28-29H,5-14H2,1-4H3,(H2,24,26)/t17-,18-/m1/s1. The molecule has 0 radical (unpaired) electrons. The largest absolute Gasteiger partial charge is 0.388 e. The van der Waals surface area contributed by atoms with E-state index in [0.717, 1.165) is 25.7 Å². The highest BCUT2D eigenvalue weighted by molar-refractivity contribution is 6.07. The van der Waals surface area contributed by atoms with Crippen LogP contribution in [0.25, 0.3) is 0 Å². The Morgan fingerprint density at radius 3 is 1.34 bits per heavy atom. The summed E-state index contributed by atoms with van der Waals surface area (Å²) in [4.78, 5) is 28.0. The Hall–Kier alpha value is -1.14. The van der Waals surface area contributed by atoms with Gasteiger partial charge in [0.15, 0.2) is 0 Å². The van der Waals surface area contributed by atoms with Crippen LogP contribution in [0, 0.1) is 17.3 Å². The van der Waals surface area contributed by atoms with E-state index in [0.29, 0.717) is 38.5 Å². The molecule has 0 unspecified atom stereocenters. The smallest absolute Gasteiger partial charge is 0.238 e. The minimum absolute atomic E-state index is 0.00280. The molecule has 3 saturated carbocycles. The third kappa shape index (κ3) is 3.83. The van der Waals surface area contributed by atoms with Crippen molar-refractivity contribution < 1.29 is 19.8 Å². The molecule has 2 atom stereocenters. The molecule has 0 saturated heterocycles. The lowest BCUT2D eigenvalue weighted by molar-refractivity contribution is -0.172. The van der Waals surface area contributed by atoms with Gasteiger partial charge >= 0.3 is 0 Å². The highest BCUT2D eigenvalue weighted by Crippen LogP contribution is 2.51. The van der Waals surface area contributed by atoms with Crippen molar-refractivity contribution in [3.8, 4) is 0 Å². The Balaban J connectivity index is 2.12. The molecule has 0 spiro atoms. The molecule has 0 aromatic heterocycles. The summed E-state index contributed by atoms with van der Waals surface area (Å²) in [5.41, 5.74) is 2.55. The molecule has 6 nitrogen and oxygen atoms in total. The van der Waals surface area contributed by atoms with Crippen LogP contribution in [0.3, 0.4) is 0 Å². The third-order valence-electron chi connectivity index (χ3n) is 7.77. The van der Waals surface area contributed by atoms with Crippen LogP contribution in [-0.2, 0) is 9.59 Å². The predicted molar refractivity (Wildman–Crippen MR) is 112 cm³/mol. The quantitative estimate of drug-likeness (QED) is 0.537. The molecule has 4 N–H and O–H groups in total. The summed E-state index contributed by atoms with van der Waals surface area (Å²) in [5, 5.41) is 23.3. The number of aliphatic hydroxyl groups is 2. The van der Waals surface area contributed by atoms with Crippen molar-refractivity contribution in [2.75, 3.05) is 0 Å². The fourth-order valence-corrected chi connectivity index (χ4v) is 6.33. The summed E-state index contributed by atoms with van der Waals surface area (Å²) in [5.74, 6) is -0.855. The van der Waals surface area contributed by atoms with E-state index in [1.54, 1.807) is 4.90 Å². The zero-order valence-corrected chi connectivity index (χ0v) is 18.6. The molecule has 0 aromatic carbocycles. The summed E-state index contributed by atoms with van der Waals surface area (Å²) < 4.78 is 0. The molecule has 3 rings (SSSR count). The Bertz CT molecular complexity index is 595. The SMILES string of the molecule is CC(C)[C@@H](N(C(=O)C1(C(N)=O)CC1)[C@H](C(C)C)C1(O)CCCC1)C1(O)CCCC1. The van der Waals surface area contributed by atoms with E-state index >= 15 is 0 Å². The fraction of sp³-hybridized carbons (Fsp3) is 0.913. The monoisotopic (exact) mass is 408 g/mol. The van der Waals surface area contributed by atoms with Gasteiger partial charge in [-0.25, -0.2) is 0 Å². The van der Waals surface area contributed by atoms with Gasteiger partial charge < -0.3 is 20.8 Å². The van der Waals surface area contributed by atoms with Crippen molar-refractivity contribution in [2.45, 2.75) is 115 Å². The van der Waals surface area contributed by atoms with Crippen LogP contribution >= 0.6 is 0 Å². The number of hydrogen-bond donors (Lipinski definition) is 3. The first-order chi connectivity index (χ1) is 13.5. The summed E-state index contributed by atoms with van der Waals surface area (Å²) in [6.45, 7) is 8.12. The molecule has 0 heterocycles. The average molecular weight is 409 g/mol. The fourth-order valence-electron chi connectivity index (χ4n) is 6.33. The number of hydrogen-bond acceptors (Lipinski definition) is 4. The Kier molecular flexibility index (Phi) is 6.10. The lowest BCUT2D eigenvalue weighted by Crippen LogP contribution is -2.67. The molecule has 29 heavy (non-hydrogen) atoms. The zero-order chi connectivity index (χ0) is 21.6. The minimum atomic E-state index is -1.16. The first-order valence-electron chi connectivity index (χ1n) is 11.6. The van der Waals surface area contributed by atoms with E-state index in [9.17, 15) is 19.8 Å². The molecular weight excluding hydrogens is 368 g/mol. The normalized spacial score (nSPS) is 26.5.